The smallest absolute Gasteiger partial charge is 0.273 e. The van der Waals surface area contributed by atoms with E-state index in [4.69, 9.17) is 16.7 Å². The molecule has 2 aromatic heterocycles. The molecule has 1 aliphatic heterocycles. The minimum atomic E-state index is -1.13. The first-order valence-corrected chi connectivity index (χ1v) is 12.6. The number of carbonyl (C=O) groups is 2. The van der Waals surface area contributed by atoms with Gasteiger partial charge in [0.15, 0.2) is 0 Å². The van der Waals surface area contributed by atoms with Crippen LogP contribution in [0.1, 0.15) is 34.1 Å². The SMILES string of the molecule is Cc1cccc(CN2C(=O)c3cc(-c4cccs4)nn3CC2(C)C(=O)NCc2ccc(Cl)cc2)c1. The summed E-state index contributed by atoms with van der Waals surface area (Å²) in [6.07, 6.45) is 0. The summed E-state index contributed by atoms with van der Waals surface area (Å²) >= 11 is 7.56. The Morgan fingerprint density at radius 3 is 2.63 bits per heavy atom. The van der Waals surface area contributed by atoms with Crippen molar-refractivity contribution in [1.29, 1.82) is 0 Å². The molecule has 0 aliphatic carbocycles. The topological polar surface area (TPSA) is 67.2 Å². The first-order chi connectivity index (χ1) is 16.8. The van der Waals surface area contributed by atoms with Gasteiger partial charge in [0.25, 0.3) is 5.91 Å². The summed E-state index contributed by atoms with van der Waals surface area (Å²) in [6.45, 7) is 4.75. The van der Waals surface area contributed by atoms with Crippen LogP contribution in [0, 0.1) is 6.92 Å². The number of aromatic nitrogens is 2. The fourth-order valence-corrected chi connectivity index (χ4v) is 5.21. The van der Waals surface area contributed by atoms with Crippen molar-refractivity contribution < 1.29 is 9.59 Å². The lowest BCUT2D eigenvalue weighted by molar-refractivity contribution is -0.133. The molecule has 0 bridgehead atoms. The van der Waals surface area contributed by atoms with Crippen LogP contribution in [0.3, 0.4) is 0 Å². The van der Waals surface area contributed by atoms with Crippen LogP contribution in [-0.4, -0.2) is 32.0 Å². The van der Waals surface area contributed by atoms with Gasteiger partial charge in [-0.3, -0.25) is 14.3 Å². The Balaban J connectivity index is 1.48. The van der Waals surface area contributed by atoms with Gasteiger partial charge in [0, 0.05) is 18.1 Å². The van der Waals surface area contributed by atoms with Crippen molar-refractivity contribution in [3.8, 4) is 10.6 Å². The largest absolute Gasteiger partial charge is 0.350 e. The van der Waals surface area contributed by atoms with Crippen LogP contribution in [0.5, 0.6) is 0 Å². The van der Waals surface area contributed by atoms with Crippen LogP contribution in [-0.2, 0) is 24.4 Å². The highest BCUT2D eigenvalue weighted by Gasteiger charge is 2.48. The third kappa shape index (κ3) is 4.61. The number of halogens is 1. The van der Waals surface area contributed by atoms with Gasteiger partial charge in [-0.1, -0.05) is 59.6 Å². The molecule has 3 heterocycles. The molecule has 1 N–H and O–H groups in total. The van der Waals surface area contributed by atoms with E-state index >= 15 is 0 Å². The Bertz CT molecular complexity index is 1380. The second-order valence-electron chi connectivity index (χ2n) is 9.01. The normalized spacial score (nSPS) is 17.3. The minimum absolute atomic E-state index is 0.211. The molecule has 8 heteroatoms. The lowest BCUT2D eigenvalue weighted by atomic mass is 9.93. The summed E-state index contributed by atoms with van der Waals surface area (Å²) < 4.78 is 1.67. The molecule has 1 atom stereocenters. The monoisotopic (exact) mass is 504 g/mol. The number of hydrogen-bond donors (Lipinski definition) is 1. The molecule has 5 rings (SSSR count). The molecule has 0 saturated heterocycles. The molecule has 178 valence electrons. The number of nitrogens with zero attached hydrogens (tertiary/aromatic N) is 3. The van der Waals surface area contributed by atoms with Crippen molar-refractivity contribution in [2.24, 2.45) is 0 Å². The van der Waals surface area contributed by atoms with Crippen LogP contribution >= 0.6 is 22.9 Å². The molecule has 2 amide bonds. The van der Waals surface area contributed by atoms with Crippen molar-refractivity contribution in [1.82, 2.24) is 20.0 Å². The summed E-state index contributed by atoms with van der Waals surface area (Å²) in [4.78, 5) is 30.1. The number of fused-ring (bicyclic) bond motifs is 1. The maximum Gasteiger partial charge on any atom is 0.273 e. The maximum atomic E-state index is 13.8. The maximum absolute atomic E-state index is 13.8. The van der Waals surface area contributed by atoms with Crippen molar-refractivity contribution in [3.05, 3.63) is 99.5 Å². The lowest BCUT2D eigenvalue weighted by Gasteiger charge is -2.43. The molecule has 1 aliphatic rings. The van der Waals surface area contributed by atoms with Crippen molar-refractivity contribution in [2.45, 2.75) is 39.0 Å². The fourth-order valence-electron chi connectivity index (χ4n) is 4.40. The molecule has 0 spiro atoms. The molecule has 0 radical (unpaired) electrons. The number of aryl methyl sites for hydroxylation is 1. The van der Waals surface area contributed by atoms with Crippen LogP contribution in [0.15, 0.2) is 72.1 Å². The van der Waals surface area contributed by atoms with Gasteiger partial charge in [0.05, 0.1) is 11.4 Å². The second-order valence-corrected chi connectivity index (χ2v) is 10.4. The van der Waals surface area contributed by atoms with E-state index < -0.39 is 5.54 Å². The van der Waals surface area contributed by atoms with Gasteiger partial charge in [0.1, 0.15) is 16.9 Å². The van der Waals surface area contributed by atoms with E-state index in [0.717, 1.165) is 27.3 Å². The first-order valence-electron chi connectivity index (χ1n) is 11.4. The Hall–Kier alpha value is -3.42. The average Bonchev–Trinajstić information content (AvgIpc) is 3.51. The Morgan fingerprint density at radius 1 is 1.11 bits per heavy atom. The predicted octanol–water partition coefficient (Wildman–Crippen LogP) is 5.30. The fraction of sp³-hybridized carbons (Fsp3) is 0.222. The van der Waals surface area contributed by atoms with Gasteiger partial charge >= 0.3 is 0 Å². The number of nitrogens with one attached hydrogen (secondary N) is 1. The summed E-state index contributed by atoms with van der Waals surface area (Å²) in [5.41, 5.74) is 3.11. The molecular weight excluding hydrogens is 480 g/mol. The van der Waals surface area contributed by atoms with Crippen molar-refractivity contribution >= 4 is 34.8 Å². The number of benzene rings is 2. The number of hydrogen-bond acceptors (Lipinski definition) is 4. The molecule has 6 nitrogen and oxygen atoms in total. The van der Waals surface area contributed by atoms with Crippen molar-refractivity contribution in [2.75, 3.05) is 0 Å². The Kier molecular flexibility index (Phi) is 6.21. The molecule has 4 aromatic rings. The molecule has 0 saturated carbocycles. The molecule has 0 fully saturated rings. The molecular formula is C27H25ClN4O2S. The predicted molar refractivity (Wildman–Crippen MR) is 138 cm³/mol. The zero-order valence-corrected chi connectivity index (χ0v) is 21.1. The molecule has 35 heavy (non-hydrogen) atoms. The third-order valence-corrected chi connectivity index (χ3v) is 7.49. The molecule has 2 aromatic carbocycles. The summed E-state index contributed by atoms with van der Waals surface area (Å²) in [7, 11) is 0. The third-order valence-electron chi connectivity index (χ3n) is 6.35. The van der Waals surface area contributed by atoms with Crippen molar-refractivity contribution in [3.63, 3.8) is 0 Å². The Morgan fingerprint density at radius 2 is 1.91 bits per heavy atom. The van der Waals surface area contributed by atoms with Gasteiger partial charge in [-0.05, 0) is 54.6 Å². The number of carbonyl (C=O) groups excluding carboxylic acids is 2. The van der Waals surface area contributed by atoms with Crippen LogP contribution in [0.4, 0.5) is 0 Å². The zero-order chi connectivity index (χ0) is 24.6. The number of rotatable bonds is 6. The highest BCUT2D eigenvalue weighted by molar-refractivity contribution is 7.13. The van der Waals surface area contributed by atoms with E-state index in [1.807, 2.05) is 73.8 Å². The second kappa shape index (κ2) is 9.32. The van der Waals surface area contributed by atoms with Gasteiger partial charge < -0.3 is 10.2 Å². The Labute approximate surface area is 213 Å². The highest BCUT2D eigenvalue weighted by atomic mass is 35.5. The standard InChI is InChI=1S/C27H25ClN4O2S/c1-18-5-3-6-20(13-18)16-31-25(33)23-14-22(24-7-4-12-35-24)30-32(23)17-27(31,2)26(34)29-15-19-8-10-21(28)11-9-19/h3-14H,15-17H2,1-2H3,(H,29,34). The van der Waals surface area contributed by atoms with Gasteiger partial charge in [-0.25, -0.2) is 0 Å². The van der Waals surface area contributed by atoms with Crippen LogP contribution < -0.4 is 5.32 Å². The first kappa shape index (κ1) is 23.3. The average molecular weight is 505 g/mol. The summed E-state index contributed by atoms with van der Waals surface area (Å²) in [5.74, 6) is -0.440. The van der Waals surface area contributed by atoms with E-state index in [1.165, 1.54) is 0 Å². The van der Waals surface area contributed by atoms with E-state index in [-0.39, 0.29) is 18.4 Å². The lowest BCUT2D eigenvalue weighted by Crippen LogP contribution is -2.63. The minimum Gasteiger partial charge on any atom is -0.350 e. The number of thiophene rings is 1. The zero-order valence-electron chi connectivity index (χ0n) is 19.5. The molecule has 1 unspecified atom stereocenters. The van der Waals surface area contributed by atoms with Gasteiger partial charge in [-0.15, -0.1) is 11.3 Å². The summed E-state index contributed by atoms with van der Waals surface area (Å²) in [5, 5.41) is 10.3. The van der Waals surface area contributed by atoms with Gasteiger partial charge in [0.2, 0.25) is 5.91 Å². The summed E-state index contributed by atoms with van der Waals surface area (Å²) in [6, 6.07) is 21.1. The van der Waals surface area contributed by atoms with E-state index in [0.29, 0.717) is 23.8 Å². The quantitative estimate of drug-likeness (QED) is 0.387. The van der Waals surface area contributed by atoms with Gasteiger partial charge in [-0.2, -0.15) is 5.10 Å². The van der Waals surface area contributed by atoms with Crippen LogP contribution in [0.2, 0.25) is 5.02 Å². The number of amides is 2. The van der Waals surface area contributed by atoms with E-state index in [2.05, 4.69) is 5.32 Å². The van der Waals surface area contributed by atoms with E-state index in [9.17, 15) is 9.59 Å². The van der Waals surface area contributed by atoms with Crippen LogP contribution in [0.25, 0.3) is 10.6 Å². The van der Waals surface area contributed by atoms with E-state index in [1.54, 1.807) is 33.1 Å². The highest BCUT2D eigenvalue weighted by Crippen LogP contribution is 2.32.